The molecule has 0 bridgehead atoms. The number of benzene rings is 2. The number of halogens is 1. The normalized spacial score (nSPS) is 13.7. The van der Waals surface area contributed by atoms with Crippen LogP contribution in [0.5, 0.6) is 0 Å². The van der Waals surface area contributed by atoms with E-state index in [1.165, 1.54) is 11.3 Å². The van der Waals surface area contributed by atoms with Gasteiger partial charge in [0.1, 0.15) is 10.7 Å². The van der Waals surface area contributed by atoms with E-state index in [0.29, 0.717) is 22.1 Å². The van der Waals surface area contributed by atoms with Crippen LogP contribution in [0.4, 0.5) is 16.5 Å². The maximum absolute atomic E-state index is 12.9. The molecule has 0 radical (unpaired) electrons. The number of nitrogens with one attached hydrogen (secondary N) is 2. The molecule has 9 heteroatoms. The molecule has 4 rings (SSSR count). The molecule has 150 valence electrons. The second-order valence-corrected chi connectivity index (χ2v) is 7.74. The van der Waals surface area contributed by atoms with E-state index in [1.807, 2.05) is 6.92 Å². The Balaban J connectivity index is 1.55. The topological polar surface area (TPSA) is 91.4 Å². The van der Waals surface area contributed by atoms with Crippen LogP contribution in [-0.2, 0) is 9.59 Å². The number of carbonyl (C=O) groups excluding carboxylic acids is 3. The Hall–Kier alpha value is -3.49. The Bertz CT molecular complexity index is 1170. The molecule has 0 spiro atoms. The van der Waals surface area contributed by atoms with E-state index in [9.17, 15) is 14.4 Å². The summed E-state index contributed by atoms with van der Waals surface area (Å²) in [5.74, 6) is -1.51. The highest BCUT2D eigenvalue weighted by atomic mass is 35.5. The summed E-state index contributed by atoms with van der Waals surface area (Å²) in [4.78, 5) is 42.9. The van der Waals surface area contributed by atoms with Crippen LogP contribution in [0.1, 0.15) is 15.9 Å². The minimum atomic E-state index is -0.606. The van der Waals surface area contributed by atoms with E-state index < -0.39 is 11.8 Å². The molecule has 7 nitrogen and oxygen atoms in total. The van der Waals surface area contributed by atoms with Gasteiger partial charge in [-0.15, -0.1) is 11.3 Å². The van der Waals surface area contributed by atoms with Gasteiger partial charge in [-0.1, -0.05) is 35.4 Å². The van der Waals surface area contributed by atoms with Crippen LogP contribution in [0, 0.1) is 6.92 Å². The van der Waals surface area contributed by atoms with Crippen LogP contribution in [0.15, 0.2) is 70.8 Å². The number of carbonyl (C=O) groups is 3. The van der Waals surface area contributed by atoms with Gasteiger partial charge in [-0.2, -0.15) is 0 Å². The number of imide groups is 1. The van der Waals surface area contributed by atoms with Crippen molar-refractivity contribution in [1.82, 2.24) is 4.98 Å². The fourth-order valence-electron chi connectivity index (χ4n) is 2.88. The van der Waals surface area contributed by atoms with Crippen LogP contribution < -0.4 is 15.5 Å². The molecule has 3 amide bonds. The molecule has 0 atom stereocenters. The average molecular weight is 439 g/mol. The molecule has 2 aromatic carbocycles. The Labute approximate surface area is 181 Å². The minimum absolute atomic E-state index is 0.0419. The summed E-state index contributed by atoms with van der Waals surface area (Å²) in [7, 11) is 0. The summed E-state index contributed by atoms with van der Waals surface area (Å²) in [5, 5.41) is 7.59. The Kier molecular flexibility index (Phi) is 5.35. The van der Waals surface area contributed by atoms with Crippen molar-refractivity contribution in [2.75, 3.05) is 15.5 Å². The summed E-state index contributed by atoms with van der Waals surface area (Å²) in [6, 6.07) is 13.5. The van der Waals surface area contributed by atoms with Gasteiger partial charge in [0.25, 0.3) is 17.7 Å². The van der Waals surface area contributed by atoms with Gasteiger partial charge in [-0.25, -0.2) is 9.88 Å². The number of nitrogens with zero attached hydrogens (tertiary/aromatic N) is 2. The number of aryl methyl sites for hydroxylation is 1. The molecule has 30 heavy (non-hydrogen) atoms. The van der Waals surface area contributed by atoms with Crippen molar-refractivity contribution in [2.24, 2.45) is 0 Å². The van der Waals surface area contributed by atoms with Gasteiger partial charge in [0.05, 0.1) is 5.69 Å². The first-order valence-corrected chi connectivity index (χ1v) is 10.1. The lowest BCUT2D eigenvalue weighted by Gasteiger charge is -2.15. The highest BCUT2D eigenvalue weighted by molar-refractivity contribution is 7.13. The van der Waals surface area contributed by atoms with Crippen LogP contribution in [0.2, 0.25) is 0 Å². The average Bonchev–Trinajstić information content (AvgIpc) is 3.32. The zero-order chi connectivity index (χ0) is 21.3. The molecular formula is C21H15ClN4O3S. The van der Waals surface area contributed by atoms with Gasteiger partial charge in [0.2, 0.25) is 0 Å². The maximum atomic E-state index is 12.9. The van der Waals surface area contributed by atoms with Gasteiger partial charge < -0.3 is 5.32 Å². The van der Waals surface area contributed by atoms with Gasteiger partial charge >= 0.3 is 0 Å². The van der Waals surface area contributed by atoms with Crippen LogP contribution in [0.25, 0.3) is 0 Å². The van der Waals surface area contributed by atoms with Crippen molar-refractivity contribution in [3.63, 3.8) is 0 Å². The third-order valence-electron chi connectivity index (χ3n) is 4.37. The summed E-state index contributed by atoms with van der Waals surface area (Å²) < 4.78 is 0. The molecule has 0 unspecified atom stereocenters. The second-order valence-electron chi connectivity index (χ2n) is 6.47. The SMILES string of the molecule is Cc1ccc(N2C(=O)C(Cl)=C(Nc3cccc(C(=O)Nc4nccs4)c3)C2=O)cc1. The van der Waals surface area contributed by atoms with Crippen molar-refractivity contribution in [3.8, 4) is 0 Å². The molecule has 0 fully saturated rings. The molecular weight excluding hydrogens is 424 g/mol. The Morgan fingerprint density at radius 2 is 1.87 bits per heavy atom. The predicted octanol–water partition coefficient (Wildman–Crippen LogP) is 4.14. The lowest BCUT2D eigenvalue weighted by atomic mass is 10.2. The molecule has 1 aromatic heterocycles. The van der Waals surface area contributed by atoms with Crippen molar-refractivity contribution < 1.29 is 14.4 Å². The zero-order valence-electron chi connectivity index (χ0n) is 15.7. The number of aromatic nitrogens is 1. The van der Waals surface area contributed by atoms with E-state index in [-0.39, 0.29) is 16.6 Å². The number of thiazole rings is 1. The number of amides is 3. The van der Waals surface area contributed by atoms with Crippen molar-refractivity contribution in [3.05, 3.63) is 82.0 Å². The molecule has 0 saturated heterocycles. The maximum Gasteiger partial charge on any atom is 0.283 e. The second kappa shape index (κ2) is 8.10. The first-order valence-electron chi connectivity index (χ1n) is 8.87. The molecule has 0 aliphatic carbocycles. The quantitative estimate of drug-likeness (QED) is 0.584. The van der Waals surface area contributed by atoms with Crippen molar-refractivity contribution >= 4 is 57.2 Å². The van der Waals surface area contributed by atoms with Gasteiger partial charge in [-0.05, 0) is 37.3 Å². The summed E-state index contributed by atoms with van der Waals surface area (Å²) >= 11 is 7.47. The van der Waals surface area contributed by atoms with E-state index in [0.717, 1.165) is 10.5 Å². The van der Waals surface area contributed by atoms with E-state index >= 15 is 0 Å². The fourth-order valence-corrected chi connectivity index (χ4v) is 3.61. The van der Waals surface area contributed by atoms with Crippen LogP contribution in [-0.4, -0.2) is 22.7 Å². The van der Waals surface area contributed by atoms with E-state index in [2.05, 4.69) is 15.6 Å². The predicted molar refractivity (Wildman–Crippen MR) is 117 cm³/mol. The summed E-state index contributed by atoms with van der Waals surface area (Å²) in [6.45, 7) is 1.91. The number of hydrogen-bond acceptors (Lipinski definition) is 6. The Morgan fingerprint density at radius 3 is 2.57 bits per heavy atom. The lowest BCUT2D eigenvalue weighted by molar-refractivity contribution is -0.120. The number of anilines is 3. The molecule has 2 heterocycles. The molecule has 3 aromatic rings. The van der Waals surface area contributed by atoms with Gasteiger partial charge in [0, 0.05) is 22.8 Å². The minimum Gasteiger partial charge on any atom is -0.350 e. The van der Waals surface area contributed by atoms with Gasteiger partial charge in [0.15, 0.2) is 5.13 Å². The lowest BCUT2D eigenvalue weighted by Crippen LogP contribution is -2.32. The van der Waals surface area contributed by atoms with Crippen molar-refractivity contribution in [2.45, 2.75) is 6.92 Å². The highest BCUT2D eigenvalue weighted by Gasteiger charge is 2.38. The standard InChI is InChI=1S/C21H15ClN4O3S/c1-12-5-7-15(8-6-12)26-19(28)16(22)17(20(26)29)24-14-4-2-3-13(11-14)18(27)25-21-23-9-10-30-21/h2-11,24H,1H3,(H,23,25,27). The fraction of sp³-hybridized carbons (Fsp3) is 0.0476. The molecule has 0 saturated carbocycles. The number of rotatable bonds is 5. The van der Waals surface area contributed by atoms with Crippen molar-refractivity contribution in [1.29, 1.82) is 0 Å². The summed E-state index contributed by atoms with van der Waals surface area (Å²) in [5.41, 5.74) is 2.20. The molecule has 1 aliphatic rings. The smallest absolute Gasteiger partial charge is 0.283 e. The van der Waals surface area contributed by atoms with Crippen LogP contribution in [0.3, 0.4) is 0 Å². The highest BCUT2D eigenvalue weighted by Crippen LogP contribution is 2.30. The van der Waals surface area contributed by atoms with E-state index in [1.54, 1.807) is 60.1 Å². The molecule has 1 aliphatic heterocycles. The molecule has 2 N–H and O–H groups in total. The zero-order valence-corrected chi connectivity index (χ0v) is 17.3. The third-order valence-corrected chi connectivity index (χ3v) is 5.41. The van der Waals surface area contributed by atoms with Gasteiger partial charge in [-0.3, -0.25) is 19.7 Å². The monoisotopic (exact) mass is 438 g/mol. The first-order chi connectivity index (χ1) is 14.4. The Morgan fingerprint density at radius 1 is 1.10 bits per heavy atom. The third kappa shape index (κ3) is 3.83. The number of hydrogen-bond donors (Lipinski definition) is 2. The largest absolute Gasteiger partial charge is 0.350 e. The van der Waals surface area contributed by atoms with Crippen LogP contribution >= 0.6 is 22.9 Å². The summed E-state index contributed by atoms with van der Waals surface area (Å²) in [6.07, 6.45) is 1.59. The van der Waals surface area contributed by atoms with E-state index in [4.69, 9.17) is 11.6 Å². The first kappa shape index (κ1) is 19.8.